The Labute approximate surface area is 172 Å². The van der Waals surface area contributed by atoms with Crippen molar-refractivity contribution in [3.8, 4) is 0 Å². The number of amides is 1. The van der Waals surface area contributed by atoms with Crippen LogP contribution in [0.15, 0.2) is 47.7 Å². The lowest BCUT2D eigenvalue weighted by atomic mass is 9.79. The molecule has 1 aromatic carbocycles. The fourth-order valence-corrected chi connectivity index (χ4v) is 4.14. The number of nitrogens with one attached hydrogen (secondary N) is 1. The molecule has 0 aromatic heterocycles. The normalized spacial score (nSPS) is 23.3. The summed E-state index contributed by atoms with van der Waals surface area (Å²) in [5, 5.41) is 12.4. The molecule has 2 aliphatic rings. The number of Topliss-reactive ketones (excluding diaryl/α,β-unsaturated/α-hetero) is 1. The molecule has 1 saturated heterocycles. The van der Waals surface area contributed by atoms with E-state index in [1.165, 1.54) is 12.5 Å². The molecular weight excluding hydrogens is 366 g/mol. The highest BCUT2D eigenvalue weighted by Gasteiger charge is 2.33. The van der Waals surface area contributed by atoms with Crippen LogP contribution in [0, 0.1) is 5.41 Å². The molecule has 1 amide bonds. The van der Waals surface area contributed by atoms with Crippen molar-refractivity contribution in [3.05, 3.63) is 53.3 Å². The number of β-amino-alcohol motifs (C(OH)–C–C–N with tert-alkyl or cyclic N) is 1. The molecule has 1 aliphatic heterocycles. The number of likely N-dealkylation sites (tertiary alicyclic amines) is 1. The van der Waals surface area contributed by atoms with E-state index in [4.69, 9.17) is 10.8 Å². The molecule has 4 N–H and O–H groups in total. The third-order valence-electron chi connectivity index (χ3n) is 6.11. The Balaban J connectivity index is 1.70. The van der Waals surface area contributed by atoms with E-state index in [-0.39, 0.29) is 12.4 Å². The van der Waals surface area contributed by atoms with Crippen LogP contribution in [0.1, 0.15) is 44.6 Å². The topological polar surface area (TPSA) is 95.7 Å². The highest BCUT2D eigenvalue weighted by atomic mass is 16.3. The van der Waals surface area contributed by atoms with Crippen LogP contribution >= 0.6 is 0 Å². The first-order valence-corrected chi connectivity index (χ1v) is 10.3. The summed E-state index contributed by atoms with van der Waals surface area (Å²) in [5.74, 6) is 0.0850. The van der Waals surface area contributed by atoms with Gasteiger partial charge in [-0.2, -0.15) is 0 Å². The first kappa shape index (κ1) is 21.3. The summed E-state index contributed by atoms with van der Waals surface area (Å²) in [4.78, 5) is 26.2. The predicted molar refractivity (Wildman–Crippen MR) is 114 cm³/mol. The zero-order valence-electron chi connectivity index (χ0n) is 17.3. The van der Waals surface area contributed by atoms with E-state index in [1.807, 2.05) is 12.1 Å². The minimum absolute atomic E-state index is 0.0403. The first-order chi connectivity index (χ1) is 13.8. The Morgan fingerprint density at radius 1 is 1.24 bits per heavy atom. The summed E-state index contributed by atoms with van der Waals surface area (Å²) in [6, 6.07) is 8.32. The van der Waals surface area contributed by atoms with Crippen LogP contribution < -0.4 is 11.1 Å². The second kappa shape index (κ2) is 8.93. The number of aliphatic hydroxyl groups excluding tert-OH is 1. The molecule has 1 unspecified atom stereocenters. The fourth-order valence-electron chi connectivity index (χ4n) is 4.14. The number of nitrogens with zero attached hydrogens (tertiary/aromatic N) is 1. The number of piperidine rings is 1. The second-order valence-electron chi connectivity index (χ2n) is 8.33. The van der Waals surface area contributed by atoms with Gasteiger partial charge in [-0.1, -0.05) is 24.3 Å². The smallest absolute Gasteiger partial charge is 0.227 e. The van der Waals surface area contributed by atoms with Gasteiger partial charge < -0.3 is 21.1 Å². The third kappa shape index (κ3) is 4.95. The van der Waals surface area contributed by atoms with Crippen LogP contribution in [0.5, 0.6) is 0 Å². The van der Waals surface area contributed by atoms with E-state index in [9.17, 15) is 9.59 Å². The Morgan fingerprint density at radius 3 is 2.45 bits per heavy atom. The molecule has 0 radical (unpaired) electrons. The van der Waals surface area contributed by atoms with E-state index in [0.29, 0.717) is 17.9 Å². The van der Waals surface area contributed by atoms with Gasteiger partial charge in [-0.15, -0.1) is 0 Å². The number of anilines is 1. The van der Waals surface area contributed by atoms with Gasteiger partial charge in [0.15, 0.2) is 5.78 Å². The second-order valence-corrected chi connectivity index (χ2v) is 8.33. The highest BCUT2D eigenvalue weighted by Crippen LogP contribution is 2.35. The fraction of sp³-hybridized carbons (Fsp3) is 0.478. The maximum Gasteiger partial charge on any atom is 0.227 e. The van der Waals surface area contributed by atoms with Crippen LogP contribution in [-0.4, -0.2) is 47.9 Å². The van der Waals surface area contributed by atoms with Gasteiger partial charge >= 0.3 is 0 Å². The average molecular weight is 398 g/mol. The Morgan fingerprint density at radius 2 is 1.90 bits per heavy atom. The zero-order valence-corrected chi connectivity index (χ0v) is 17.3. The Bertz CT molecular complexity index is 820. The van der Waals surface area contributed by atoms with E-state index >= 15 is 0 Å². The van der Waals surface area contributed by atoms with Gasteiger partial charge in [-0.3, -0.25) is 9.59 Å². The number of carbonyl (C=O) groups excluding carboxylic acids is 2. The highest BCUT2D eigenvalue weighted by molar-refractivity contribution is 5.98. The van der Waals surface area contributed by atoms with Crippen LogP contribution in [-0.2, 0) is 9.59 Å². The van der Waals surface area contributed by atoms with Crippen molar-refractivity contribution in [3.63, 3.8) is 0 Å². The van der Waals surface area contributed by atoms with Crippen molar-refractivity contribution in [1.29, 1.82) is 0 Å². The number of ketones is 1. The van der Waals surface area contributed by atoms with Crippen molar-refractivity contribution >= 4 is 17.4 Å². The number of rotatable bonds is 7. The molecule has 6 nitrogen and oxygen atoms in total. The van der Waals surface area contributed by atoms with Crippen LogP contribution in [0.25, 0.3) is 0 Å². The molecule has 1 aliphatic carbocycles. The van der Waals surface area contributed by atoms with Crippen molar-refractivity contribution in [1.82, 2.24) is 4.90 Å². The number of hydrogen-bond acceptors (Lipinski definition) is 5. The lowest BCUT2D eigenvalue weighted by molar-refractivity contribution is -0.124. The van der Waals surface area contributed by atoms with E-state index in [2.05, 4.69) is 22.3 Å². The molecule has 29 heavy (non-hydrogen) atoms. The summed E-state index contributed by atoms with van der Waals surface area (Å²) in [7, 11) is 0. The molecule has 1 aromatic rings. The van der Waals surface area contributed by atoms with Gasteiger partial charge in [-0.25, -0.2) is 0 Å². The number of hydrogen-bond donors (Lipinski definition) is 3. The number of carbonyl (C=O) groups is 2. The molecule has 6 heteroatoms. The predicted octanol–water partition coefficient (Wildman–Crippen LogP) is 2.56. The Hall–Kier alpha value is -2.44. The summed E-state index contributed by atoms with van der Waals surface area (Å²) in [6.07, 6.45) is 5.98. The van der Waals surface area contributed by atoms with Crippen LogP contribution in [0.2, 0.25) is 0 Å². The van der Waals surface area contributed by atoms with Crippen LogP contribution in [0.4, 0.5) is 5.69 Å². The van der Waals surface area contributed by atoms with Gasteiger partial charge in [-0.05, 0) is 63.4 Å². The van der Waals surface area contributed by atoms with Crippen molar-refractivity contribution in [2.45, 2.75) is 39.0 Å². The van der Waals surface area contributed by atoms with E-state index < -0.39 is 11.3 Å². The van der Waals surface area contributed by atoms with Crippen molar-refractivity contribution in [2.75, 3.05) is 31.6 Å². The number of aliphatic hydroxyl groups is 1. The maximum absolute atomic E-state index is 12.0. The summed E-state index contributed by atoms with van der Waals surface area (Å²) in [5.41, 5.74) is 8.28. The van der Waals surface area contributed by atoms with Gasteiger partial charge in [0, 0.05) is 29.9 Å². The molecular formula is C23H31N3O3. The molecule has 1 atom stereocenters. The average Bonchev–Trinajstić information content (AvgIpc) is 2.69. The minimum Gasteiger partial charge on any atom is -0.395 e. The number of nitrogens with two attached hydrogens (primary N) is 1. The molecule has 156 valence electrons. The van der Waals surface area contributed by atoms with Crippen LogP contribution in [0.3, 0.4) is 0 Å². The first-order valence-electron chi connectivity index (χ1n) is 10.3. The molecule has 1 fully saturated rings. The molecule has 3 rings (SSSR count). The number of benzene rings is 1. The number of allylic oxidation sites excluding steroid dienone is 3. The number of primary amides is 1. The quantitative estimate of drug-likeness (QED) is 0.657. The van der Waals surface area contributed by atoms with Gasteiger partial charge in [0.05, 0.1) is 12.0 Å². The van der Waals surface area contributed by atoms with Crippen molar-refractivity contribution in [2.24, 2.45) is 11.1 Å². The zero-order chi connectivity index (χ0) is 21.0. The van der Waals surface area contributed by atoms with E-state index in [1.54, 1.807) is 19.1 Å². The monoisotopic (exact) mass is 397 g/mol. The van der Waals surface area contributed by atoms with Gasteiger partial charge in [0.1, 0.15) is 0 Å². The summed E-state index contributed by atoms with van der Waals surface area (Å²) >= 11 is 0. The SMILES string of the molecule is CC(=O)C1=C(Nc2ccc(C3CCN(CCO)CC3)cc2)CC(C)(C(N)=O)C=C1. The molecule has 1 heterocycles. The maximum atomic E-state index is 12.0. The van der Waals surface area contributed by atoms with Crippen molar-refractivity contribution < 1.29 is 14.7 Å². The van der Waals surface area contributed by atoms with Gasteiger partial charge in [0.25, 0.3) is 0 Å². The summed E-state index contributed by atoms with van der Waals surface area (Å²) in [6.45, 7) is 6.31. The minimum atomic E-state index is -0.802. The lowest BCUT2D eigenvalue weighted by Crippen LogP contribution is -2.36. The largest absolute Gasteiger partial charge is 0.395 e. The molecule has 0 saturated carbocycles. The van der Waals surface area contributed by atoms with Gasteiger partial charge in [0.2, 0.25) is 5.91 Å². The standard InChI is InChI=1S/C23H31N3O3/c1-16(28)20-7-10-23(2,22(24)29)15-21(20)25-19-5-3-17(4-6-19)18-8-11-26(12-9-18)13-14-27/h3-7,10,18,25,27H,8-9,11-15H2,1-2H3,(H2,24,29). The Kier molecular flexibility index (Phi) is 6.55. The molecule has 0 bridgehead atoms. The summed E-state index contributed by atoms with van der Waals surface area (Å²) < 4.78 is 0. The molecule has 0 spiro atoms. The van der Waals surface area contributed by atoms with E-state index in [0.717, 1.165) is 43.9 Å². The lowest BCUT2D eigenvalue weighted by Gasteiger charge is -2.32. The third-order valence-corrected chi connectivity index (χ3v) is 6.11.